The molecule has 0 saturated carbocycles. The van der Waals surface area contributed by atoms with Gasteiger partial charge in [-0.3, -0.25) is 9.46 Å². The van der Waals surface area contributed by atoms with Crippen molar-refractivity contribution < 1.29 is 33.2 Å². The highest BCUT2D eigenvalue weighted by molar-refractivity contribution is 7.57. The normalized spacial score (nSPS) is 13.9. The van der Waals surface area contributed by atoms with E-state index < -0.39 is 25.3 Å². The molecule has 2 aromatic carbocycles. The number of benzene rings is 2. The minimum Gasteiger partial charge on any atom is -0.481 e. The number of aryl methyl sites for hydroxylation is 1. The van der Waals surface area contributed by atoms with Crippen molar-refractivity contribution in [3.05, 3.63) is 76.7 Å². The zero-order chi connectivity index (χ0) is 29.8. The standard InChI is InChI=1S/C30H38FN2O6P/c1-18(2)33(19(3)4)16-22-13-24(20(5)11-25(22)26-14-29(38-6)32-15-27(26)31)30(35)39-23-10-8-9-21(12-23)28(34)17-40(7,36)37/h8-15,18-19,28,34H,16-17H2,1-7H3,(H,36,37)/t28-/m1/s1. The fourth-order valence-corrected chi connectivity index (χ4v) is 5.48. The number of methoxy groups -OCH3 is 1. The molecule has 0 aliphatic rings. The molecule has 0 fully saturated rings. The molecule has 0 saturated heterocycles. The number of aliphatic hydroxyl groups is 1. The number of hydrogen-bond donors (Lipinski definition) is 2. The van der Waals surface area contributed by atoms with E-state index in [1.165, 1.54) is 19.8 Å². The van der Waals surface area contributed by atoms with E-state index in [1.54, 1.807) is 43.3 Å². The molecule has 0 radical (unpaired) electrons. The summed E-state index contributed by atoms with van der Waals surface area (Å²) in [5.74, 6) is -0.664. The third kappa shape index (κ3) is 7.98. The van der Waals surface area contributed by atoms with Crippen LogP contribution in [0.4, 0.5) is 4.39 Å². The van der Waals surface area contributed by atoms with Crippen molar-refractivity contribution in [2.24, 2.45) is 0 Å². The topological polar surface area (TPSA) is 109 Å². The summed E-state index contributed by atoms with van der Waals surface area (Å²) in [5.41, 5.74) is 2.93. The number of ether oxygens (including phenoxy) is 2. The minimum absolute atomic E-state index is 0.186. The third-order valence-electron chi connectivity index (χ3n) is 6.64. The van der Waals surface area contributed by atoms with Gasteiger partial charge in [0.1, 0.15) is 11.6 Å². The number of pyridine rings is 1. The molecule has 216 valence electrons. The smallest absolute Gasteiger partial charge is 0.343 e. The van der Waals surface area contributed by atoms with Crippen LogP contribution in [0.5, 0.6) is 11.6 Å². The second-order valence-electron chi connectivity index (χ2n) is 10.6. The molecule has 8 nitrogen and oxygen atoms in total. The van der Waals surface area contributed by atoms with E-state index in [2.05, 4.69) is 37.6 Å². The summed E-state index contributed by atoms with van der Waals surface area (Å²) < 4.78 is 37.7. The summed E-state index contributed by atoms with van der Waals surface area (Å²) in [6.45, 7) is 11.7. The predicted octanol–water partition coefficient (Wildman–Crippen LogP) is 5.98. The summed E-state index contributed by atoms with van der Waals surface area (Å²) >= 11 is 0. The molecule has 0 bridgehead atoms. The van der Waals surface area contributed by atoms with Gasteiger partial charge in [0.15, 0.2) is 0 Å². The molecular weight excluding hydrogens is 534 g/mol. The van der Waals surface area contributed by atoms with E-state index in [9.17, 15) is 19.4 Å². The molecule has 2 atom stereocenters. The monoisotopic (exact) mass is 572 g/mol. The molecule has 1 aromatic heterocycles. The Kier molecular flexibility index (Phi) is 10.2. The molecule has 1 heterocycles. The van der Waals surface area contributed by atoms with Gasteiger partial charge in [0.05, 0.1) is 31.1 Å². The Balaban J connectivity index is 2.04. The molecular formula is C30H38FN2O6P. The van der Waals surface area contributed by atoms with Crippen molar-refractivity contribution in [1.82, 2.24) is 9.88 Å². The molecule has 40 heavy (non-hydrogen) atoms. The van der Waals surface area contributed by atoms with Gasteiger partial charge in [0.2, 0.25) is 13.2 Å². The van der Waals surface area contributed by atoms with Gasteiger partial charge >= 0.3 is 5.97 Å². The van der Waals surface area contributed by atoms with Crippen molar-refractivity contribution >= 4 is 13.3 Å². The van der Waals surface area contributed by atoms with Gasteiger partial charge in [-0.2, -0.15) is 0 Å². The molecule has 3 rings (SSSR count). The maximum absolute atomic E-state index is 15.0. The summed E-state index contributed by atoms with van der Waals surface area (Å²) in [5, 5.41) is 10.4. The van der Waals surface area contributed by atoms with Crippen LogP contribution in [-0.4, -0.2) is 57.9 Å². The highest BCUT2D eigenvalue weighted by Gasteiger charge is 2.23. The van der Waals surface area contributed by atoms with Gasteiger partial charge < -0.3 is 19.5 Å². The molecule has 3 aromatic rings. The van der Waals surface area contributed by atoms with E-state index in [4.69, 9.17) is 9.47 Å². The van der Waals surface area contributed by atoms with Crippen molar-refractivity contribution in [3.8, 4) is 22.8 Å². The molecule has 10 heteroatoms. The Labute approximate surface area is 235 Å². The lowest BCUT2D eigenvalue weighted by Crippen LogP contribution is -2.36. The van der Waals surface area contributed by atoms with E-state index in [0.29, 0.717) is 34.4 Å². The first-order valence-corrected chi connectivity index (χ1v) is 15.4. The molecule has 0 aliphatic carbocycles. The predicted molar refractivity (Wildman–Crippen MR) is 154 cm³/mol. The van der Waals surface area contributed by atoms with Gasteiger partial charge in [-0.05, 0) is 75.1 Å². The SMILES string of the molecule is COc1cc(-c2cc(C)c(C(=O)Oc3cccc([C@H](O)CP(C)(=O)O)c3)cc2CN(C(C)C)C(C)C)c(F)cn1. The highest BCUT2D eigenvalue weighted by Crippen LogP contribution is 2.40. The van der Waals surface area contributed by atoms with E-state index in [1.807, 2.05) is 0 Å². The molecule has 0 aliphatic heterocycles. The lowest BCUT2D eigenvalue weighted by atomic mass is 9.93. The van der Waals surface area contributed by atoms with Gasteiger partial charge in [-0.25, -0.2) is 14.2 Å². The Bertz CT molecular complexity index is 1400. The van der Waals surface area contributed by atoms with Crippen LogP contribution in [0.1, 0.15) is 60.8 Å². The molecule has 2 N–H and O–H groups in total. The van der Waals surface area contributed by atoms with Crippen LogP contribution in [0.3, 0.4) is 0 Å². The number of carbonyl (C=O) groups excluding carboxylic acids is 1. The largest absolute Gasteiger partial charge is 0.481 e. The summed E-state index contributed by atoms with van der Waals surface area (Å²) in [6, 6.07) is 11.7. The number of halogens is 1. The van der Waals surface area contributed by atoms with Gasteiger partial charge in [0.25, 0.3) is 0 Å². The Morgan fingerprint density at radius 3 is 2.38 bits per heavy atom. The lowest BCUT2D eigenvalue weighted by Gasteiger charge is -2.31. The number of rotatable bonds is 11. The van der Waals surface area contributed by atoms with E-state index in [0.717, 1.165) is 11.8 Å². The van der Waals surface area contributed by atoms with Crippen LogP contribution in [0.25, 0.3) is 11.1 Å². The van der Waals surface area contributed by atoms with Gasteiger partial charge in [-0.1, -0.05) is 18.2 Å². The average molecular weight is 573 g/mol. The summed E-state index contributed by atoms with van der Waals surface area (Å²) in [6.07, 6.45) is -0.377. The van der Waals surface area contributed by atoms with E-state index in [-0.39, 0.29) is 29.9 Å². The molecule has 0 spiro atoms. The van der Waals surface area contributed by atoms with Crippen LogP contribution in [0.15, 0.2) is 48.7 Å². The number of hydrogen-bond acceptors (Lipinski definition) is 7. The van der Waals surface area contributed by atoms with Crippen LogP contribution < -0.4 is 9.47 Å². The minimum atomic E-state index is -3.46. The fourth-order valence-electron chi connectivity index (χ4n) is 4.62. The summed E-state index contributed by atoms with van der Waals surface area (Å²) in [7, 11) is -1.99. The van der Waals surface area contributed by atoms with Crippen molar-refractivity contribution in [3.63, 3.8) is 0 Å². The third-order valence-corrected chi connectivity index (χ3v) is 7.67. The van der Waals surface area contributed by atoms with Gasteiger partial charge in [-0.15, -0.1) is 0 Å². The quantitative estimate of drug-likeness (QED) is 0.164. The maximum Gasteiger partial charge on any atom is 0.343 e. The van der Waals surface area contributed by atoms with Crippen LogP contribution in [0, 0.1) is 12.7 Å². The first kappa shape index (κ1) is 31.4. The maximum atomic E-state index is 15.0. The fraction of sp³-hybridized carbons (Fsp3) is 0.400. The Morgan fingerprint density at radius 1 is 1.10 bits per heavy atom. The van der Waals surface area contributed by atoms with E-state index >= 15 is 4.39 Å². The lowest BCUT2D eigenvalue weighted by molar-refractivity contribution is 0.0733. The molecule has 1 unspecified atom stereocenters. The molecule has 0 amide bonds. The van der Waals surface area contributed by atoms with Crippen molar-refractivity contribution in [2.45, 2.75) is 59.4 Å². The number of nitrogens with zero attached hydrogens (tertiary/aromatic N) is 2. The van der Waals surface area contributed by atoms with Crippen molar-refractivity contribution in [2.75, 3.05) is 19.9 Å². The number of esters is 1. The van der Waals surface area contributed by atoms with Gasteiger partial charge in [0, 0.05) is 36.9 Å². The summed E-state index contributed by atoms with van der Waals surface area (Å²) in [4.78, 5) is 29.2. The van der Waals surface area contributed by atoms with Crippen LogP contribution in [-0.2, 0) is 11.1 Å². The Morgan fingerprint density at radius 2 is 1.77 bits per heavy atom. The number of carbonyl (C=O) groups is 1. The van der Waals surface area contributed by atoms with Crippen molar-refractivity contribution in [1.29, 1.82) is 0 Å². The second-order valence-corrected chi connectivity index (χ2v) is 13.1. The first-order valence-electron chi connectivity index (χ1n) is 13.1. The second kappa shape index (κ2) is 13.0. The highest BCUT2D eigenvalue weighted by atomic mass is 31.2. The zero-order valence-corrected chi connectivity index (χ0v) is 24.9. The average Bonchev–Trinajstić information content (AvgIpc) is 2.86. The number of aromatic nitrogens is 1. The zero-order valence-electron chi connectivity index (χ0n) is 24.0. The van der Waals surface area contributed by atoms with Crippen LogP contribution >= 0.6 is 7.37 Å². The number of aliphatic hydroxyl groups excluding tert-OH is 1. The van der Waals surface area contributed by atoms with Crippen LogP contribution in [0.2, 0.25) is 0 Å². The Hall–Kier alpha value is -3.10. The first-order chi connectivity index (χ1) is 18.7.